The quantitative estimate of drug-likeness (QED) is 0.674. The van der Waals surface area contributed by atoms with Crippen molar-refractivity contribution in [3.63, 3.8) is 0 Å². The normalized spacial score (nSPS) is 14.6. The molecule has 0 bridgehead atoms. The fraction of sp³-hybridized carbons (Fsp3) is 0.571. The summed E-state index contributed by atoms with van der Waals surface area (Å²) < 4.78 is 0. The molecule has 1 N–H and O–H groups in total. The molecule has 1 nitrogen and oxygen atoms in total. The van der Waals surface area contributed by atoms with Gasteiger partial charge in [-0.25, -0.2) is 0 Å². The Morgan fingerprint density at radius 2 is 2.38 bits per heavy atom. The lowest BCUT2D eigenvalue weighted by atomic mass is 10.1. The second kappa shape index (κ2) is 7.64. The van der Waals surface area contributed by atoms with Crippen LogP contribution in [0.1, 0.15) is 38.7 Å². The SMILES string of the molecule is C=CCCC(CC)NC(C)Cc1ccsc1. The van der Waals surface area contributed by atoms with E-state index in [9.17, 15) is 0 Å². The first-order valence-corrected chi connectivity index (χ1v) is 7.08. The topological polar surface area (TPSA) is 12.0 Å². The van der Waals surface area contributed by atoms with Crippen LogP contribution < -0.4 is 5.32 Å². The molecule has 0 amide bonds. The molecular formula is C14H23NS. The maximum Gasteiger partial charge on any atom is 0.00820 e. The summed E-state index contributed by atoms with van der Waals surface area (Å²) in [5.41, 5.74) is 1.45. The number of nitrogens with one attached hydrogen (secondary N) is 1. The van der Waals surface area contributed by atoms with E-state index in [2.05, 4.69) is 42.6 Å². The molecule has 90 valence electrons. The maximum absolute atomic E-state index is 3.78. The molecule has 0 aliphatic carbocycles. The van der Waals surface area contributed by atoms with Crippen molar-refractivity contribution in [3.05, 3.63) is 35.0 Å². The maximum atomic E-state index is 3.78. The highest BCUT2D eigenvalue weighted by Crippen LogP contribution is 2.10. The average Bonchev–Trinajstić information content (AvgIpc) is 2.76. The Hall–Kier alpha value is -0.600. The number of hydrogen-bond donors (Lipinski definition) is 1. The summed E-state index contributed by atoms with van der Waals surface area (Å²) in [5, 5.41) is 8.09. The van der Waals surface area contributed by atoms with Gasteiger partial charge in [0.05, 0.1) is 0 Å². The minimum atomic E-state index is 0.560. The van der Waals surface area contributed by atoms with E-state index in [0.717, 1.165) is 12.8 Å². The Balaban J connectivity index is 2.30. The molecule has 0 fully saturated rings. The fourth-order valence-electron chi connectivity index (χ4n) is 1.95. The monoisotopic (exact) mass is 237 g/mol. The summed E-state index contributed by atoms with van der Waals surface area (Å²) in [6.07, 6.45) is 6.65. The molecular weight excluding hydrogens is 214 g/mol. The summed E-state index contributed by atoms with van der Waals surface area (Å²) in [6, 6.07) is 3.41. The Kier molecular flexibility index (Phi) is 6.43. The van der Waals surface area contributed by atoms with Crippen LogP contribution in [-0.4, -0.2) is 12.1 Å². The Bertz CT molecular complexity index is 279. The third-order valence-corrected chi connectivity index (χ3v) is 3.59. The van der Waals surface area contributed by atoms with E-state index in [1.54, 1.807) is 11.3 Å². The highest BCUT2D eigenvalue weighted by atomic mass is 32.1. The lowest BCUT2D eigenvalue weighted by molar-refractivity contribution is 0.413. The van der Waals surface area contributed by atoms with Gasteiger partial charge in [-0.05, 0) is 55.0 Å². The van der Waals surface area contributed by atoms with Crippen molar-refractivity contribution < 1.29 is 0 Å². The summed E-state index contributed by atoms with van der Waals surface area (Å²) in [7, 11) is 0. The molecule has 0 aliphatic heterocycles. The van der Waals surface area contributed by atoms with Gasteiger partial charge in [-0.15, -0.1) is 6.58 Å². The zero-order chi connectivity index (χ0) is 11.8. The van der Waals surface area contributed by atoms with Gasteiger partial charge < -0.3 is 5.32 Å². The van der Waals surface area contributed by atoms with Crippen molar-refractivity contribution >= 4 is 11.3 Å². The fourth-order valence-corrected chi connectivity index (χ4v) is 2.63. The third kappa shape index (κ3) is 4.95. The van der Waals surface area contributed by atoms with Gasteiger partial charge in [0.2, 0.25) is 0 Å². The number of hydrogen-bond acceptors (Lipinski definition) is 2. The van der Waals surface area contributed by atoms with Gasteiger partial charge in [-0.3, -0.25) is 0 Å². The first-order chi connectivity index (χ1) is 7.76. The van der Waals surface area contributed by atoms with Gasteiger partial charge in [0, 0.05) is 12.1 Å². The highest BCUT2D eigenvalue weighted by molar-refractivity contribution is 7.07. The molecule has 0 spiro atoms. The van der Waals surface area contributed by atoms with E-state index in [-0.39, 0.29) is 0 Å². The van der Waals surface area contributed by atoms with Crippen LogP contribution in [-0.2, 0) is 6.42 Å². The van der Waals surface area contributed by atoms with Crippen molar-refractivity contribution in [3.8, 4) is 0 Å². The lowest BCUT2D eigenvalue weighted by Gasteiger charge is -2.21. The van der Waals surface area contributed by atoms with Gasteiger partial charge in [0.1, 0.15) is 0 Å². The number of thiophene rings is 1. The predicted octanol–water partition coefficient (Wildman–Crippen LogP) is 4.01. The largest absolute Gasteiger partial charge is 0.311 e. The highest BCUT2D eigenvalue weighted by Gasteiger charge is 2.10. The molecule has 0 aromatic carbocycles. The third-order valence-electron chi connectivity index (χ3n) is 2.85. The predicted molar refractivity (Wildman–Crippen MR) is 74.1 cm³/mol. The van der Waals surface area contributed by atoms with Gasteiger partial charge in [-0.1, -0.05) is 13.0 Å². The first-order valence-electron chi connectivity index (χ1n) is 6.14. The standard InChI is InChI=1S/C14H23NS/c1-4-6-7-14(5-2)15-12(3)10-13-8-9-16-11-13/h4,8-9,11-12,14-15H,1,5-7,10H2,2-3H3. The van der Waals surface area contributed by atoms with Gasteiger partial charge in [0.25, 0.3) is 0 Å². The van der Waals surface area contributed by atoms with Gasteiger partial charge in [-0.2, -0.15) is 11.3 Å². The van der Waals surface area contributed by atoms with Crippen LogP contribution in [0, 0.1) is 0 Å². The molecule has 2 heteroatoms. The molecule has 2 atom stereocenters. The Morgan fingerprint density at radius 1 is 1.56 bits per heavy atom. The van der Waals surface area contributed by atoms with E-state index in [0.29, 0.717) is 12.1 Å². The number of allylic oxidation sites excluding steroid dienone is 1. The van der Waals surface area contributed by atoms with E-state index < -0.39 is 0 Å². The zero-order valence-corrected chi connectivity index (χ0v) is 11.2. The van der Waals surface area contributed by atoms with Crippen molar-refractivity contribution in [1.29, 1.82) is 0 Å². The molecule has 0 saturated heterocycles. The molecule has 2 unspecified atom stereocenters. The zero-order valence-electron chi connectivity index (χ0n) is 10.4. The van der Waals surface area contributed by atoms with Crippen molar-refractivity contribution in [2.24, 2.45) is 0 Å². The molecule has 16 heavy (non-hydrogen) atoms. The molecule has 1 heterocycles. The molecule has 1 aromatic heterocycles. The van der Waals surface area contributed by atoms with E-state index in [1.165, 1.54) is 18.4 Å². The molecule has 1 aromatic rings. The number of rotatable bonds is 8. The second-order valence-electron chi connectivity index (χ2n) is 4.37. The smallest absolute Gasteiger partial charge is 0.00820 e. The minimum Gasteiger partial charge on any atom is -0.311 e. The summed E-state index contributed by atoms with van der Waals surface area (Å²) >= 11 is 1.78. The molecule has 0 saturated carbocycles. The lowest BCUT2D eigenvalue weighted by Crippen LogP contribution is -2.37. The van der Waals surface area contributed by atoms with Gasteiger partial charge >= 0.3 is 0 Å². The second-order valence-corrected chi connectivity index (χ2v) is 5.15. The average molecular weight is 237 g/mol. The summed E-state index contributed by atoms with van der Waals surface area (Å²) in [5.74, 6) is 0. The van der Waals surface area contributed by atoms with E-state index in [1.807, 2.05) is 6.08 Å². The molecule has 0 aliphatic rings. The van der Waals surface area contributed by atoms with Crippen molar-refractivity contribution in [2.75, 3.05) is 0 Å². The van der Waals surface area contributed by atoms with Crippen molar-refractivity contribution in [2.45, 2.75) is 51.6 Å². The van der Waals surface area contributed by atoms with E-state index in [4.69, 9.17) is 0 Å². The van der Waals surface area contributed by atoms with Crippen LogP contribution in [0.15, 0.2) is 29.5 Å². The van der Waals surface area contributed by atoms with Crippen LogP contribution in [0.5, 0.6) is 0 Å². The Labute approximate surface area is 104 Å². The summed E-state index contributed by atoms with van der Waals surface area (Å²) in [4.78, 5) is 0. The summed E-state index contributed by atoms with van der Waals surface area (Å²) in [6.45, 7) is 8.30. The molecule has 0 radical (unpaired) electrons. The van der Waals surface area contributed by atoms with E-state index >= 15 is 0 Å². The molecule has 1 rings (SSSR count). The van der Waals surface area contributed by atoms with Crippen LogP contribution in [0.3, 0.4) is 0 Å². The van der Waals surface area contributed by atoms with Gasteiger partial charge in [0.15, 0.2) is 0 Å². The van der Waals surface area contributed by atoms with Crippen LogP contribution in [0.4, 0.5) is 0 Å². The van der Waals surface area contributed by atoms with Crippen LogP contribution in [0.25, 0.3) is 0 Å². The van der Waals surface area contributed by atoms with Crippen LogP contribution in [0.2, 0.25) is 0 Å². The minimum absolute atomic E-state index is 0.560. The first kappa shape index (κ1) is 13.5. The van der Waals surface area contributed by atoms with Crippen molar-refractivity contribution in [1.82, 2.24) is 5.32 Å². The Morgan fingerprint density at radius 3 is 2.94 bits per heavy atom. The van der Waals surface area contributed by atoms with Crippen LogP contribution >= 0.6 is 11.3 Å².